The highest BCUT2D eigenvalue weighted by Gasteiger charge is 2.26. The fraction of sp³-hybridized carbons (Fsp3) is 0.286. The Morgan fingerprint density at radius 3 is 2.12 bits per heavy atom. The van der Waals surface area contributed by atoms with Gasteiger partial charge in [-0.1, -0.05) is 71.4 Å². The molecule has 0 saturated heterocycles. The van der Waals surface area contributed by atoms with Crippen molar-refractivity contribution in [3.8, 4) is 0 Å². The van der Waals surface area contributed by atoms with Crippen LogP contribution in [-0.4, -0.2) is 20.5 Å². The smallest absolute Gasteiger partial charge is 0.192 e. The summed E-state index contributed by atoms with van der Waals surface area (Å²) >= 11 is 1.46. The maximum absolute atomic E-state index is 13.3. The predicted octanol–water partition coefficient (Wildman–Crippen LogP) is 5.19. The second kappa shape index (κ2) is 7.87. The summed E-state index contributed by atoms with van der Waals surface area (Å²) in [6, 6.07) is 16.1. The standard InChI is InChI=1S/C21H23N3OS/c1-14(2)24-13-22-23-21(24)26-20(18-11-7-16(4)8-12-18)19(25)17-9-5-15(3)6-10-17/h5-14,20H,1-4H3/t20-/m0/s1. The third kappa shape index (κ3) is 4.05. The molecule has 0 spiro atoms. The third-order valence-corrected chi connectivity index (χ3v) is 5.50. The molecule has 3 rings (SSSR count). The van der Waals surface area contributed by atoms with Gasteiger partial charge in [-0.25, -0.2) is 0 Å². The zero-order valence-corrected chi connectivity index (χ0v) is 16.3. The lowest BCUT2D eigenvalue weighted by atomic mass is 10.0. The Hall–Kier alpha value is -2.40. The van der Waals surface area contributed by atoms with Gasteiger partial charge in [0.2, 0.25) is 0 Å². The molecular formula is C21H23N3OS. The Morgan fingerprint density at radius 2 is 1.54 bits per heavy atom. The summed E-state index contributed by atoms with van der Waals surface area (Å²) < 4.78 is 1.99. The van der Waals surface area contributed by atoms with Crippen molar-refractivity contribution < 1.29 is 4.79 Å². The summed E-state index contributed by atoms with van der Waals surface area (Å²) in [6.45, 7) is 8.22. The molecule has 26 heavy (non-hydrogen) atoms. The van der Waals surface area contributed by atoms with Crippen LogP contribution < -0.4 is 0 Å². The first-order valence-corrected chi connectivity index (χ1v) is 9.57. The van der Waals surface area contributed by atoms with Crippen LogP contribution in [0.25, 0.3) is 0 Å². The van der Waals surface area contributed by atoms with Crippen LogP contribution in [0.4, 0.5) is 0 Å². The number of carbonyl (C=O) groups is 1. The van der Waals surface area contributed by atoms with Crippen molar-refractivity contribution in [2.45, 2.75) is 44.1 Å². The summed E-state index contributed by atoms with van der Waals surface area (Å²) in [7, 11) is 0. The molecule has 0 amide bonds. The lowest BCUT2D eigenvalue weighted by Gasteiger charge is -2.17. The average molecular weight is 366 g/mol. The van der Waals surface area contributed by atoms with E-state index in [4.69, 9.17) is 0 Å². The Kier molecular flexibility index (Phi) is 5.57. The Labute approximate surface area is 158 Å². The van der Waals surface area contributed by atoms with Crippen molar-refractivity contribution >= 4 is 17.5 Å². The molecule has 0 aliphatic heterocycles. The maximum atomic E-state index is 13.3. The fourth-order valence-electron chi connectivity index (χ4n) is 2.66. The molecule has 134 valence electrons. The minimum absolute atomic E-state index is 0.0807. The van der Waals surface area contributed by atoms with Crippen molar-refractivity contribution in [2.75, 3.05) is 0 Å². The van der Waals surface area contributed by atoms with Gasteiger partial charge in [-0.2, -0.15) is 0 Å². The van der Waals surface area contributed by atoms with Crippen LogP contribution in [-0.2, 0) is 0 Å². The van der Waals surface area contributed by atoms with E-state index in [0.717, 1.165) is 16.3 Å². The molecule has 1 aromatic heterocycles. The number of carbonyl (C=O) groups excluding carboxylic acids is 1. The van der Waals surface area contributed by atoms with Gasteiger partial charge >= 0.3 is 0 Å². The van der Waals surface area contributed by atoms with Gasteiger partial charge in [0.1, 0.15) is 11.6 Å². The van der Waals surface area contributed by atoms with Gasteiger partial charge in [0.25, 0.3) is 0 Å². The van der Waals surface area contributed by atoms with Gasteiger partial charge in [-0.05, 0) is 33.3 Å². The zero-order valence-electron chi connectivity index (χ0n) is 15.5. The summed E-state index contributed by atoms with van der Waals surface area (Å²) in [6.07, 6.45) is 1.72. The highest BCUT2D eigenvalue weighted by Crippen LogP contribution is 2.37. The van der Waals surface area contributed by atoms with Crippen LogP contribution in [0.3, 0.4) is 0 Å². The van der Waals surface area contributed by atoms with Crippen molar-refractivity contribution in [3.05, 3.63) is 77.1 Å². The number of benzene rings is 2. The number of ketones is 1. The van der Waals surface area contributed by atoms with Crippen molar-refractivity contribution in [1.29, 1.82) is 0 Å². The lowest BCUT2D eigenvalue weighted by Crippen LogP contribution is -2.12. The van der Waals surface area contributed by atoms with E-state index < -0.39 is 0 Å². The molecule has 4 nitrogen and oxygen atoms in total. The molecule has 1 atom stereocenters. The number of aryl methyl sites for hydroxylation is 2. The molecule has 0 radical (unpaired) electrons. The van der Waals surface area contributed by atoms with E-state index in [-0.39, 0.29) is 17.1 Å². The summed E-state index contributed by atoms with van der Waals surface area (Å²) in [5.41, 5.74) is 4.00. The zero-order chi connectivity index (χ0) is 18.7. The van der Waals surface area contributed by atoms with E-state index in [1.807, 2.05) is 66.9 Å². The third-order valence-electron chi connectivity index (χ3n) is 4.27. The van der Waals surface area contributed by atoms with Crippen molar-refractivity contribution in [3.63, 3.8) is 0 Å². The van der Waals surface area contributed by atoms with Crippen LogP contribution in [0.5, 0.6) is 0 Å². The molecule has 0 unspecified atom stereocenters. The molecule has 0 aliphatic rings. The van der Waals surface area contributed by atoms with Crippen LogP contribution >= 0.6 is 11.8 Å². The van der Waals surface area contributed by atoms with Crippen molar-refractivity contribution in [1.82, 2.24) is 14.8 Å². The molecular weight excluding hydrogens is 342 g/mol. The Balaban J connectivity index is 1.98. The molecule has 3 aromatic rings. The number of thioether (sulfide) groups is 1. The minimum atomic E-state index is -0.361. The molecule has 0 bridgehead atoms. The van der Waals surface area contributed by atoms with E-state index in [1.54, 1.807) is 6.33 Å². The first-order chi connectivity index (χ1) is 12.5. The van der Waals surface area contributed by atoms with Gasteiger partial charge in [0.05, 0.1) is 0 Å². The predicted molar refractivity (Wildman–Crippen MR) is 106 cm³/mol. The number of rotatable bonds is 6. The molecule has 0 aliphatic carbocycles. The van der Waals surface area contributed by atoms with Crippen LogP contribution in [0.15, 0.2) is 60.0 Å². The summed E-state index contributed by atoms with van der Waals surface area (Å²) in [4.78, 5) is 13.3. The van der Waals surface area contributed by atoms with E-state index >= 15 is 0 Å². The summed E-state index contributed by atoms with van der Waals surface area (Å²) in [5, 5.41) is 8.66. The van der Waals surface area contributed by atoms with Gasteiger partial charge in [0, 0.05) is 11.6 Å². The molecule has 0 saturated carbocycles. The van der Waals surface area contributed by atoms with Gasteiger partial charge < -0.3 is 4.57 Å². The monoisotopic (exact) mass is 365 g/mol. The second-order valence-electron chi connectivity index (χ2n) is 6.75. The SMILES string of the molecule is Cc1ccc(C(=O)[C@@H](Sc2nncn2C(C)C)c2ccc(C)cc2)cc1. The Morgan fingerprint density at radius 1 is 0.962 bits per heavy atom. The quantitative estimate of drug-likeness (QED) is 0.445. The minimum Gasteiger partial charge on any atom is -0.306 e. The lowest BCUT2D eigenvalue weighted by molar-refractivity contribution is 0.0989. The molecule has 0 fully saturated rings. The first kappa shape index (κ1) is 18.4. The highest BCUT2D eigenvalue weighted by molar-refractivity contribution is 8.00. The topological polar surface area (TPSA) is 47.8 Å². The number of Topliss-reactive ketones (excluding diaryl/α,β-unsaturated/α-hetero) is 1. The molecule has 5 heteroatoms. The normalized spacial score (nSPS) is 12.3. The number of hydrogen-bond acceptors (Lipinski definition) is 4. The number of nitrogens with zero attached hydrogens (tertiary/aromatic N) is 3. The maximum Gasteiger partial charge on any atom is 0.192 e. The van der Waals surface area contributed by atoms with E-state index in [1.165, 1.54) is 17.3 Å². The van der Waals surface area contributed by atoms with Crippen LogP contribution in [0.1, 0.15) is 52.2 Å². The number of aromatic nitrogens is 3. The van der Waals surface area contributed by atoms with Crippen LogP contribution in [0, 0.1) is 13.8 Å². The Bertz CT molecular complexity index is 882. The number of hydrogen-bond donors (Lipinski definition) is 0. The van der Waals surface area contributed by atoms with Gasteiger partial charge in [-0.3, -0.25) is 4.79 Å². The van der Waals surface area contributed by atoms with E-state index in [9.17, 15) is 4.79 Å². The second-order valence-corrected chi connectivity index (χ2v) is 7.83. The average Bonchev–Trinajstić information content (AvgIpc) is 3.09. The largest absolute Gasteiger partial charge is 0.306 e. The van der Waals surface area contributed by atoms with Crippen molar-refractivity contribution in [2.24, 2.45) is 0 Å². The fourth-order valence-corrected chi connectivity index (χ4v) is 3.88. The van der Waals surface area contributed by atoms with E-state index in [0.29, 0.717) is 5.56 Å². The highest BCUT2D eigenvalue weighted by atomic mass is 32.2. The first-order valence-electron chi connectivity index (χ1n) is 8.69. The summed E-state index contributed by atoms with van der Waals surface area (Å²) in [5.74, 6) is 0.0807. The van der Waals surface area contributed by atoms with Gasteiger partial charge in [-0.15, -0.1) is 10.2 Å². The van der Waals surface area contributed by atoms with Gasteiger partial charge in [0.15, 0.2) is 10.9 Å². The van der Waals surface area contributed by atoms with E-state index in [2.05, 4.69) is 24.0 Å². The molecule has 2 aromatic carbocycles. The molecule has 0 N–H and O–H groups in total. The van der Waals surface area contributed by atoms with Crippen LogP contribution in [0.2, 0.25) is 0 Å². The molecule has 1 heterocycles.